The first-order valence-electron chi connectivity index (χ1n) is 6.89. The van der Waals surface area contributed by atoms with E-state index in [9.17, 15) is 4.79 Å². The van der Waals surface area contributed by atoms with E-state index in [-0.39, 0.29) is 11.3 Å². The van der Waals surface area contributed by atoms with Gasteiger partial charge in [0, 0.05) is 15.7 Å². The van der Waals surface area contributed by atoms with Crippen molar-refractivity contribution >= 4 is 34.2 Å². The van der Waals surface area contributed by atoms with Gasteiger partial charge in [0.25, 0.3) is 0 Å². The number of hydrogen-bond acceptors (Lipinski definition) is 2. The molecule has 1 aliphatic carbocycles. The molecule has 0 radical (unpaired) electrons. The second kappa shape index (κ2) is 6.70. The Morgan fingerprint density at radius 3 is 2.68 bits per heavy atom. The summed E-state index contributed by atoms with van der Waals surface area (Å²) in [5.41, 5.74) is 6.83. The van der Waals surface area contributed by atoms with Crippen molar-refractivity contribution in [3.8, 4) is 0 Å². The highest BCUT2D eigenvalue weighted by Crippen LogP contribution is 2.38. The van der Waals surface area contributed by atoms with Crippen molar-refractivity contribution in [1.82, 2.24) is 0 Å². The van der Waals surface area contributed by atoms with Crippen molar-refractivity contribution in [2.75, 3.05) is 11.9 Å². The number of amides is 1. The Morgan fingerprint density at radius 1 is 1.32 bits per heavy atom. The Bertz CT molecular complexity index is 442. The predicted octanol–water partition coefficient (Wildman–Crippen LogP) is 3.53. The van der Waals surface area contributed by atoms with Gasteiger partial charge in [-0.05, 0) is 65.6 Å². The molecule has 1 aliphatic rings. The monoisotopic (exact) mass is 372 g/mol. The molecule has 0 bridgehead atoms. The minimum Gasteiger partial charge on any atom is -0.330 e. The lowest BCUT2D eigenvalue weighted by molar-refractivity contribution is -0.118. The molecule has 104 valence electrons. The smallest absolute Gasteiger partial charge is 0.224 e. The van der Waals surface area contributed by atoms with Crippen LogP contribution in [0.5, 0.6) is 0 Å². The zero-order chi connectivity index (χ0) is 13.7. The molecule has 0 aromatic heterocycles. The van der Waals surface area contributed by atoms with Gasteiger partial charge in [-0.15, -0.1) is 0 Å². The van der Waals surface area contributed by atoms with Gasteiger partial charge in [0.05, 0.1) is 0 Å². The summed E-state index contributed by atoms with van der Waals surface area (Å²) in [4.78, 5) is 12.2. The summed E-state index contributed by atoms with van der Waals surface area (Å²) in [6.07, 6.45) is 6.41. The van der Waals surface area contributed by atoms with Crippen LogP contribution < -0.4 is 11.1 Å². The van der Waals surface area contributed by atoms with E-state index in [0.717, 1.165) is 22.1 Å². The third-order valence-corrected chi connectivity index (χ3v) is 4.66. The zero-order valence-corrected chi connectivity index (χ0v) is 13.3. The molecule has 1 amide bonds. The highest BCUT2D eigenvalue weighted by Gasteiger charge is 2.32. The lowest BCUT2D eigenvalue weighted by Crippen LogP contribution is -2.36. The Hall–Kier alpha value is -0.620. The summed E-state index contributed by atoms with van der Waals surface area (Å²) in [7, 11) is 0. The zero-order valence-electron chi connectivity index (χ0n) is 11.1. The van der Waals surface area contributed by atoms with Crippen LogP contribution in [0, 0.1) is 8.99 Å². The molecule has 0 spiro atoms. The minimum atomic E-state index is 0.0320. The van der Waals surface area contributed by atoms with E-state index >= 15 is 0 Å². The second-order valence-corrected chi connectivity index (χ2v) is 6.75. The number of halogens is 1. The van der Waals surface area contributed by atoms with Gasteiger partial charge < -0.3 is 11.1 Å². The molecule has 0 heterocycles. The summed E-state index contributed by atoms with van der Waals surface area (Å²) in [5, 5.41) is 2.99. The van der Waals surface area contributed by atoms with Crippen molar-refractivity contribution < 1.29 is 4.79 Å². The number of nitrogens with one attached hydrogen (secondary N) is 1. The summed E-state index contributed by atoms with van der Waals surface area (Å²) < 4.78 is 1.13. The maximum Gasteiger partial charge on any atom is 0.224 e. The van der Waals surface area contributed by atoms with Crippen LogP contribution in [0.4, 0.5) is 5.69 Å². The quantitative estimate of drug-likeness (QED) is 0.795. The number of anilines is 1. The molecule has 0 unspecified atom stereocenters. The molecular formula is C15H21IN2O. The molecule has 3 N–H and O–H groups in total. The van der Waals surface area contributed by atoms with Gasteiger partial charge in [0.15, 0.2) is 0 Å². The predicted molar refractivity (Wildman–Crippen MR) is 87.0 cm³/mol. The summed E-state index contributed by atoms with van der Waals surface area (Å²) >= 11 is 2.25. The maximum atomic E-state index is 12.2. The topological polar surface area (TPSA) is 55.1 Å². The first kappa shape index (κ1) is 14.8. The van der Waals surface area contributed by atoms with Gasteiger partial charge in [-0.25, -0.2) is 0 Å². The van der Waals surface area contributed by atoms with E-state index in [4.69, 9.17) is 5.73 Å². The van der Waals surface area contributed by atoms with E-state index in [2.05, 4.69) is 27.9 Å². The molecule has 4 heteroatoms. The number of nitrogens with two attached hydrogens (primary N) is 1. The molecule has 1 aromatic carbocycles. The molecular weight excluding hydrogens is 351 g/mol. The normalized spacial score (nSPS) is 18.0. The van der Waals surface area contributed by atoms with Crippen LogP contribution in [0.3, 0.4) is 0 Å². The van der Waals surface area contributed by atoms with Crippen LogP contribution in [0.25, 0.3) is 0 Å². The van der Waals surface area contributed by atoms with Gasteiger partial charge in [0.2, 0.25) is 5.91 Å². The van der Waals surface area contributed by atoms with E-state index in [1.54, 1.807) is 0 Å². The summed E-state index contributed by atoms with van der Waals surface area (Å²) in [6, 6.07) is 7.87. The fourth-order valence-corrected chi connectivity index (χ4v) is 3.41. The third kappa shape index (κ3) is 4.18. The average Bonchev–Trinajstić information content (AvgIpc) is 2.39. The first-order chi connectivity index (χ1) is 9.13. The van der Waals surface area contributed by atoms with Gasteiger partial charge in [-0.1, -0.05) is 25.3 Å². The molecule has 1 saturated carbocycles. The SMILES string of the molecule is NCC1(CC(=O)Nc2cccc(I)c2)CCCCC1. The summed E-state index contributed by atoms with van der Waals surface area (Å²) in [5.74, 6) is 0.0920. The van der Waals surface area contributed by atoms with Gasteiger partial charge >= 0.3 is 0 Å². The van der Waals surface area contributed by atoms with Crippen molar-refractivity contribution in [2.45, 2.75) is 38.5 Å². The first-order valence-corrected chi connectivity index (χ1v) is 7.97. The van der Waals surface area contributed by atoms with Crippen molar-refractivity contribution in [3.05, 3.63) is 27.8 Å². The standard InChI is InChI=1S/C15H21IN2O/c16-12-5-4-6-13(9-12)18-14(19)10-15(11-17)7-2-1-3-8-15/h4-6,9H,1-3,7-8,10-11,17H2,(H,18,19). The second-order valence-electron chi connectivity index (χ2n) is 5.50. The summed E-state index contributed by atoms with van der Waals surface area (Å²) in [6.45, 7) is 0.618. The van der Waals surface area contributed by atoms with E-state index in [1.165, 1.54) is 19.3 Å². The Kier molecular flexibility index (Phi) is 5.21. The van der Waals surface area contributed by atoms with Gasteiger partial charge in [0.1, 0.15) is 0 Å². The van der Waals surface area contributed by atoms with Crippen LogP contribution in [0.15, 0.2) is 24.3 Å². The number of carbonyl (C=O) groups excluding carboxylic acids is 1. The third-order valence-electron chi connectivity index (χ3n) is 3.99. The lowest BCUT2D eigenvalue weighted by atomic mass is 9.71. The Balaban J connectivity index is 1.96. The largest absolute Gasteiger partial charge is 0.330 e. The fourth-order valence-electron chi connectivity index (χ4n) is 2.87. The molecule has 0 aliphatic heterocycles. The highest BCUT2D eigenvalue weighted by atomic mass is 127. The number of rotatable bonds is 4. The van der Waals surface area contributed by atoms with Crippen molar-refractivity contribution in [3.63, 3.8) is 0 Å². The Labute approximate surface area is 128 Å². The minimum absolute atomic E-state index is 0.0320. The molecule has 2 rings (SSSR count). The molecule has 0 saturated heterocycles. The number of benzene rings is 1. The van der Waals surface area contributed by atoms with Gasteiger partial charge in [-0.2, -0.15) is 0 Å². The Morgan fingerprint density at radius 2 is 2.05 bits per heavy atom. The fraction of sp³-hybridized carbons (Fsp3) is 0.533. The van der Waals surface area contributed by atoms with Crippen molar-refractivity contribution in [1.29, 1.82) is 0 Å². The van der Waals surface area contributed by atoms with Crippen LogP contribution >= 0.6 is 22.6 Å². The molecule has 3 nitrogen and oxygen atoms in total. The maximum absolute atomic E-state index is 12.2. The molecule has 1 aromatic rings. The average molecular weight is 372 g/mol. The van der Waals surface area contributed by atoms with Crippen LogP contribution in [-0.2, 0) is 4.79 Å². The van der Waals surface area contributed by atoms with E-state index in [1.807, 2.05) is 24.3 Å². The van der Waals surface area contributed by atoms with Crippen LogP contribution in [0.2, 0.25) is 0 Å². The van der Waals surface area contributed by atoms with Crippen LogP contribution in [0.1, 0.15) is 38.5 Å². The molecule has 1 fully saturated rings. The lowest BCUT2D eigenvalue weighted by Gasteiger charge is -2.35. The highest BCUT2D eigenvalue weighted by molar-refractivity contribution is 14.1. The number of carbonyl (C=O) groups is 1. The molecule has 0 atom stereocenters. The number of hydrogen-bond donors (Lipinski definition) is 2. The van der Waals surface area contributed by atoms with Gasteiger partial charge in [-0.3, -0.25) is 4.79 Å². The van der Waals surface area contributed by atoms with Crippen molar-refractivity contribution in [2.24, 2.45) is 11.1 Å². The van der Waals surface area contributed by atoms with E-state index < -0.39 is 0 Å². The van der Waals surface area contributed by atoms with Crippen LogP contribution in [-0.4, -0.2) is 12.5 Å². The molecule has 19 heavy (non-hydrogen) atoms. The van der Waals surface area contributed by atoms with E-state index in [0.29, 0.717) is 13.0 Å².